The number of anilines is 1. The highest BCUT2D eigenvalue weighted by Crippen LogP contribution is 2.15. The SMILES string of the molecule is CCc1cccc(NC(=O)CNS(=O)(=O)c2ccc(OC)cc2)c1. The van der Waals surface area contributed by atoms with E-state index in [4.69, 9.17) is 4.74 Å². The molecule has 0 unspecified atom stereocenters. The third-order valence-electron chi connectivity index (χ3n) is 3.41. The molecule has 1 amide bonds. The van der Waals surface area contributed by atoms with Gasteiger partial charge in [0.1, 0.15) is 5.75 Å². The fraction of sp³-hybridized carbons (Fsp3) is 0.235. The van der Waals surface area contributed by atoms with Crippen LogP contribution < -0.4 is 14.8 Å². The van der Waals surface area contributed by atoms with Gasteiger partial charge >= 0.3 is 0 Å². The summed E-state index contributed by atoms with van der Waals surface area (Å²) >= 11 is 0. The Labute approximate surface area is 141 Å². The number of aryl methyl sites for hydroxylation is 1. The minimum Gasteiger partial charge on any atom is -0.497 e. The molecule has 0 spiro atoms. The van der Waals surface area contributed by atoms with Crippen molar-refractivity contribution in [3.8, 4) is 5.75 Å². The lowest BCUT2D eigenvalue weighted by Crippen LogP contribution is -2.32. The van der Waals surface area contributed by atoms with E-state index in [2.05, 4.69) is 10.0 Å². The van der Waals surface area contributed by atoms with Gasteiger partial charge in [0.25, 0.3) is 0 Å². The van der Waals surface area contributed by atoms with Gasteiger partial charge in [-0.2, -0.15) is 0 Å². The van der Waals surface area contributed by atoms with Gasteiger partial charge in [-0.1, -0.05) is 19.1 Å². The first-order chi connectivity index (χ1) is 11.4. The number of hydrogen-bond acceptors (Lipinski definition) is 4. The maximum absolute atomic E-state index is 12.2. The average molecular weight is 348 g/mol. The molecule has 0 fully saturated rings. The van der Waals surface area contributed by atoms with Crippen molar-refractivity contribution in [3.63, 3.8) is 0 Å². The van der Waals surface area contributed by atoms with E-state index in [0.717, 1.165) is 12.0 Å². The molecular weight excluding hydrogens is 328 g/mol. The van der Waals surface area contributed by atoms with Crippen LogP contribution in [0, 0.1) is 0 Å². The smallest absolute Gasteiger partial charge is 0.241 e. The van der Waals surface area contributed by atoms with E-state index in [1.54, 1.807) is 18.2 Å². The van der Waals surface area contributed by atoms with Gasteiger partial charge < -0.3 is 10.1 Å². The van der Waals surface area contributed by atoms with Crippen molar-refractivity contribution in [3.05, 3.63) is 54.1 Å². The number of carbonyl (C=O) groups is 1. The van der Waals surface area contributed by atoms with Crippen molar-refractivity contribution in [2.75, 3.05) is 19.0 Å². The van der Waals surface area contributed by atoms with Crippen molar-refractivity contribution in [1.82, 2.24) is 4.72 Å². The van der Waals surface area contributed by atoms with Crippen molar-refractivity contribution < 1.29 is 17.9 Å². The van der Waals surface area contributed by atoms with Gasteiger partial charge in [0.15, 0.2) is 0 Å². The molecule has 6 nitrogen and oxygen atoms in total. The van der Waals surface area contributed by atoms with E-state index in [9.17, 15) is 13.2 Å². The summed E-state index contributed by atoms with van der Waals surface area (Å²) in [5.41, 5.74) is 1.73. The van der Waals surface area contributed by atoms with Crippen LogP contribution in [0.5, 0.6) is 5.75 Å². The van der Waals surface area contributed by atoms with Gasteiger partial charge in [-0.3, -0.25) is 4.79 Å². The predicted octanol–water partition coefficient (Wildman–Crippen LogP) is 2.17. The highest BCUT2D eigenvalue weighted by atomic mass is 32.2. The van der Waals surface area contributed by atoms with Crippen LogP contribution in [0.4, 0.5) is 5.69 Å². The quantitative estimate of drug-likeness (QED) is 0.803. The second kappa shape index (κ2) is 7.94. The number of carbonyl (C=O) groups excluding carboxylic acids is 1. The Balaban J connectivity index is 1.96. The van der Waals surface area contributed by atoms with Crippen molar-refractivity contribution in [2.45, 2.75) is 18.2 Å². The summed E-state index contributed by atoms with van der Waals surface area (Å²) in [7, 11) is -2.25. The van der Waals surface area contributed by atoms with Crippen LogP contribution in [-0.4, -0.2) is 28.0 Å². The fourth-order valence-corrected chi connectivity index (χ4v) is 3.06. The summed E-state index contributed by atoms with van der Waals surface area (Å²) in [6.07, 6.45) is 0.855. The minimum atomic E-state index is -3.75. The van der Waals surface area contributed by atoms with Crippen molar-refractivity contribution in [2.24, 2.45) is 0 Å². The Kier molecular flexibility index (Phi) is 5.94. The number of hydrogen-bond donors (Lipinski definition) is 2. The number of nitrogens with one attached hydrogen (secondary N) is 2. The third kappa shape index (κ3) is 4.81. The molecule has 0 saturated heterocycles. The van der Waals surface area contributed by atoms with E-state index in [1.807, 2.05) is 25.1 Å². The Bertz CT molecular complexity index is 802. The molecule has 0 aliphatic carbocycles. The summed E-state index contributed by atoms with van der Waals surface area (Å²) in [6.45, 7) is 1.68. The molecule has 0 bridgehead atoms. The number of rotatable bonds is 7. The van der Waals surface area contributed by atoms with E-state index in [-0.39, 0.29) is 11.4 Å². The molecule has 2 aromatic rings. The third-order valence-corrected chi connectivity index (χ3v) is 4.83. The maximum atomic E-state index is 12.2. The fourth-order valence-electron chi connectivity index (χ4n) is 2.07. The second-order valence-corrected chi connectivity index (χ2v) is 6.87. The Hall–Kier alpha value is -2.38. The Morgan fingerprint density at radius 2 is 1.83 bits per heavy atom. The molecule has 0 aromatic heterocycles. The van der Waals surface area contributed by atoms with Crippen LogP contribution in [0.1, 0.15) is 12.5 Å². The molecule has 0 radical (unpaired) electrons. The number of methoxy groups -OCH3 is 1. The average Bonchev–Trinajstić information content (AvgIpc) is 2.60. The van der Waals surface area contributed by atoms with Gasteiger partial charge in [0.2, 0.25) is 15.9 Å². The zero-order chi connectivity index (χ0) is 17.6. The van der Waals surface area contributed by atoms with Crippen molar-refractivity contribution in [1.29, 1.82) is 0 Å². The summed E-state index contributed by atoms with van der Waals surface area (Å²) in [5.74, 6) is 0.128. The lowest BCUT2D eigenvalue weighted by Gasteiger charge is -2.09. The largest absolute Gasteiger partial charge is 0.497 e. The lowest BCUT2D eigenvalue weighted by atomic mass is 10.1. The Morgan fingerprint density at radius 1 is 1.12 bits per heavy atom. The van der Waals surface area contributed by atoms with Gasteiger partial charge in [0.05, 0.1) is 18.6 Å². The van der Waals surface area contributed by atoms with Gasteiger partial charge in [0, 0.05) is 5.69 Å². The predicted molar refractivity (Wildman–Crippen MR) is 92.6 cm³/mol. The second-order valence-electron chi connectivity index (χ2n) is 5.10. The zero-order valence-corrected chi connectivity index (χ0v) is 14.4. The lowest BCUT2D eigenvalue weighted by molar-refractivity contribution is -0.115. The van der Waals surface area contributed by atoms with Crippen LogP contribution in [0.25, 0.3) is 0 Å². The molecule has 2 rings (SSSR count). The van der Waals surface area contributed by atoms with E-state index in [0.29, 0.717) is 11.4 Å². The molecule has 2 aromatic carbocycles. The van der Waals surface area contributed by atoms with Crippen molar-refractivity contribution >= 4 is 21.6 Å². The number of sulfonamides is 1. The first-order valence-electron chi connectivity index (χ1n) is 7.47. The normalized spacial score (nSPS) is 11.1. The minimum absolute atomic E-state index is 0.0732. The number of ether oxygens (including phenoxy) is 1. The summed E-state index contributed by atoms with van der Waals surface area (Å²) in [5, 5.41) is 2.67. The molecule has 0 aliphatic rings. The maximum Gasteiger partial charge on any atom is 0.241 e. The zero-order valence-electron chi connectivity index (χ0n) is 13.6. The van der Waals surface area contributed by atoms with Crippen LogP contribution >= 0.6 is 0 Å². The molecule has 7 heteroatoms. The molecule has 2 N–H and O–H groups in total. The molecular formula is C17H20N2O4S. The van der Waals surface area contributed by atoms with Crippen LogP contribution in [-0.2, 0) is 21.2 Å². The van der Waals surface area contributed by atoms with Crippen LogP contribution in [0.2, 0.25) is 0 Å². The number of benzene rings is 2. The van der Waals surface area contributed by atoms with E-state index < -0.39 is 15.9 Å². The topological polar surface area (TPSA) is 84.5 Å². The van der Waals surface area contributed by atoms with E-state index in [1.165, 1.54) is 19.2 Å². The van der Waals surface area contributed by atoms with Gasteiger partial charge in [-0.05, 0) is 48.4 Å². The molecule has 24 heavy (non-hydrogen) atoms. The summed E-state index contributed by atoms with van der Waals surface area (Å²) in [6, 6.07) is 13.4. The molecule has 0 aliphatic heterocycles. The van der Waals surface area contributed by atoms with E-state index >= 15 is 0 Å². The summed E-state index contributed by atoms with van der Waals surface area (Å²) in [4.78, 5) is 12.0. The first-order valence-corrected chi connectivity index (χ1v) is 8.95. The highest BCUT2D eigenvalue weighted by Gasteiger charge is 2.15. The van der Waals surface area contributed by atoms with Gasteiger partial charge in [-0.25, -0.2) is 13.1 Å². The molecule has 0 saturated carbocycles. The molecule has 0 atom stereocenters. The summed E-state index contributed by atoms with van der Waals surface area (Å²) < 4.78 is 31.6. The van der Waals surface area contributed by atoms with Crippen LogP contribution in [0.15, 0.2) is 53.4 Å². The molecule has 0 heterocycles. The standard InChI is InChI=1S/C17H20N2O4S/c1-3-13-5-4-6-14(11-13)19-17(20)12-18-24(21,22)16-9-7-15(23-2)8-10-16/h4-11,18H,3,12H2,1-2H3,(H,19,20). The first kappa shape index (κ1) is 18.0. The van der Waals surface area contributed by atoms with Crippen LogP contribution in [0.3, 0.4) is 0 Å². The Morgan fingerprint density at radius 3 is 2.46 bits per heavy atom. The number of amides is 1. The highest BCUT2D eigenvalue weighted by molar-refractivity contribution is 7.89. The molecule has 128 valence electrons. The van der Waals surface area contributed by atoms with Gasteiger partial charge in [-0.15, -0.1) is 0 Å². The monoisotopic (exact) mass is 348 g/mol.